The largest absolute Gasteiger partial charge is 0.363 e. The summed E-state index contributed by atoms with van der Waals surface area (Å²) in [7, 11) is 0. The summed E-state index contributed by atoms with van der Waals surface area (Å²) in [5, 5.41) is 3.23. The molecule has 0 aromatic rings. The molecule has 13 heavy (non-hydrogen) atoms. The molecule has 1 unspecified atom stereocenters. The van der Waals surface area contributed by atoms with Crippen LogP contribution in [-0.4, -0.2) is 16.8 Å². The average molecular weight is 176 g/mol. The second-order valence-electron chi connectivity index (χ2n) is 3.25. The van der Waals surface area contributed by atoms with Crippen LogP contribution in [0.5, 0.6) is 0 Å². The van der Waals surface area contributed by atoms with Crippen LogP contribution >= 0.6 is 0 Å². The molecule has 0 aromatic heterocycles. The zero-order chi connectivity index (χ0) is 9.42. The monoisotopic (exact) mass is 176 g/mol. The second kappa shape index (κ2) is 2.76. The number of rotatable bonds is 1. The molecule has 2 aliphatic rings. The van der Waals surface area contributed by atoms with Crippen molar-refractivity contribution < 1.29 is 4.79 Å². The molecule has 2 aliphatic heterocycles. The molecule has 0 bridgehead atoms. The highest BCUT2D eigenvalue weighted by molar-refractivity contribution is 5.94. The summed E-state index contributed by atoms with van der Waals surface area (Å²) in [4.78, 5) is 13.3. The summed E-state index contributed by atoms with van der Waals surface area (Å²) in [5.74, 6) is 0.104. The van der Waals surface area contributed by atoms with Crippen molar-refractivity contribution in [1.82, 2.24) is 10.2 Å². The van der Waals surface area contributed by atoms with Crippen molar-refractivity contribution in [3.05, 3.63) is 35.8 Å². The van der Waals surface area contributed by atoms with Gasteiger partial charge in [0.15, 0.2) is 5.78 Å². The Balaban J connectivity index is 2.36. The van der Waals surface area contributed by atoms with Crippen molar-refractivity contribution in [3.63, 3.8) is 0 Å². The maximum absolute atomic E-state index is 11.3. The predicted octanol–water partition coefficient (Wildman–Crippen LogP) is 1.12. The minimum Gasteiger partial charge on any atom is -0.363 e. The predicted molar refractivity (Wildman–Crippen MR) is 50.4 cm³/mol. The van der Waals surface area contributed by atoms with Gasteiger partial charge in [-0.3, -0.25) is 4.79 Å². The molecule has 0 aliphatic carbocycles. The molecule has 0 radical (unpaired) electrons. The Hall–Kier alpha value is -1.51. The highest BCUT2D eigenvalue weighted by atomic mass is 16.1. The molecule has 3 nitrogen and oxygen atoms in total. The lowest BCUT2D eigenvalue weighted by atomic mass is 10.2. The molecule has 3 heteroatoms. The number of ketones is 1. The second-order valence-corrected chi connectivity index (χ2v) is 3.25. The van der Waals surface area contributed by atoms with E-state index in [0.29, 0.717) is 0 Å². The highest BCUT2D eigenvalue weighted by Crippen LogP contribution is 2.23. The van der Waals surface area contributed by atoms with Crippen molar-refractivity contribution in [3.8, 4) is 0 Å². The number of hydrogen-bond donors (Lipinski definition) is 1. The smallest absolute Gasteiger partial charge is 0.177 e. The van der Waals surface area contributed by atoms with Gasteiger partial charge in [-0.05, 0) is 19.1 Å². The zero-order valence-corrected chi connectivity index (χ0v) is 7.74. The van der Waals surface area contributed by atoms with E-state index in [1.807, 2.05) is 36.3 Å². The first kappa shape index (κ1) is 8.10. The Morgan fingerprint density at radius 1 is 1.54 bits per heavy atom. The summed E-state index contributed by atoms with van der Waals surface area (Å²) in [6, 6.07) is 0. The van der Waals surface area contributed by atoms with Crippen LogP contribution in [-0.2, 0) is 4.79 Å². The minimum atomic E-state index is 0.104. The molecule has 1 N–H and O–H groups in total. The van der Waals surface area contributed by atoms with E-state index in [9.17, 15) is 4.79 Å². The van der Waals surface area contributed by atoms with Gasteiger partial charge in [0.2, 0.25) is 0 Å². The van der Waals surface area contributed by atoms with E-state index < -0.39 is 0 Å². The molecule has 0 fully saturated rings. The fraction of sp³-hybridized carbons (Fsp3) is 0.300. The van der Waals surface area contributed by atoms with Crippen LogP contribution in [0.25, 0.3) is 0 Å². The molecule has 0 aromatic carbocycles. The van der Waals surface area contributed by atoms with E-state index in [2.05, 4.69) is 5.32 Å². The number of allylic oxidation sites excluding steroid dienone is 4. The van der Waals surface area contributed by atoms with Gasteiger partial charge in [-0.25, -0.2) is 0 Å². The van der Waals surface area contributed by atoms with Crippen LogP contribution in [0.4, 0.5) is 0 Å². The number of hydrogen-bond acceptors (Lipinski definition) is 3. The summed E-state index contributed by atoms with van der Waals surface area (Å²) in [6.45, 7) is 3.52. The molecule has 68 valence electrons. The number of fused-ring (bicyclic) bond motifs is 1. The molecule has 2 rings (SSSR count). The summed E-state index contributed by atoms with van der Waals surface area (Å²) < 4.78 is 0. The van der Waals surface area contributed by atoms with Crippen LogP contribution < -0.4 is 5.32 Å². The SMILES string of the molecule is CC(=O)C1=C(C)NC2C=CC=CN12. The number of carbonyl (C=O) groups excluding carboxylic acids is 1. The first-order chi connectivity index (χ1) is 6.20. The maximum Gasteiger partial charge on any atom is 0.177 e. The molecule has 2 heterocycles. The van der Waals surface area contributed by atoms with Gasteiger partial charge in [0, 0.05) is 18.8 Å². The van der Waals surface area contributed by atoms with Gasteiger partial charge < -0.3 is 10.2 Å². The Bertz CT molecular complexity index is 339. The summed E-state index contributed by atoms with van der Waals surface area (Å²) in [6.07, 6.45) is 7.98. The van der Waals surface area contributed by atoms with Gasteiger partial charge in [0.05, 0.1) is 0 Å². The van der Waals surface area contributed by atoms with E-state index in [0.717, 1.165) is 11.4 Å². The third-order valence-electron chi connectivity index (χ3n) is 2.26. The fourth-order valence-electron chi connectivity index (χ4n) is 1.76. The quantitative estimate of drug-likeness (QED) is 0.649. The van der Waals surface area contributed by atoms with Crippen LogP contribution in [0.3, 0.4) is 0 Å². The first-order valence-corrected chi connectivity index (χ1v) is 4.32. The van der Waals surface area contributed by atoms with Crippen molar-refractivity contribution >= 4 is 5.78 Å². The number of nitrogens with one attached hydrogen (secondary N) is 1. The average Bonchev–Trinajstić information content (AvgIpc) is 2.39. The van der Waals surface area contributed by atoms with Gasteiger partial charge in [0.1, 0.15) is 11.9 Å². The summed E-state index contributed by atoms with van der Waals surface area (Å²) >= 11 is 0. The van der Waals surface area contributed by atoms with Crippen molar-refractivity contribution in [2.75, 3.05) is 0 Å². The van der Waals surface area contributed by atoms with Gasteiger partial charge >= 0.3 is 0 Å². The van der Waals surface area contributed by atoms with Crippen molar-refractivity contribution in [2.24, 2.45) is 0 Å². The van der Waals surface area contributed by atoms with E-state index >= 15 is 0 Å². The van der Waals surface area contributed by atoms with Gasteiger partial charge in [-0.1, -0.05) is 6.08 Å². The zero-order valence-electron chi connectivity index (χ0n) is 7.74. The summed E-state index contributed by atoms with van der Waals surface area (Å²) in [5.41, 5.74) is 1.72. The lowest BCUT2D eigenvalue weighted by Crippen LogP contribution is -2.33. The standard InChI is InChI=1S/C10H12N2O/c1-7-10(8(2)13)12-6-4-3-5-9(12)11-7/h3-6,9,11H,1-2H3. The Morgan fingerprint density at radius 3 is 3.00 bits per heavy atom. The molecular weight excluding hydrogens is 164 g/mol. The third-order valence-corrected chi connectivity index (χ3v) is 2.26. The minimum absolute atomic E-state index is 0.104. The van der Waals surface area contributed by atoms with E-state index in [1.165, 1.54) is 0 Å². The van der Waals surface area contributed by atoms with E-state index in [1.54, 1.807) is 6.92 Å². The number of Topliss-reactive ketones (excluding diaryl/α,β-unsaturated/α-hetero) is 1. The Labute approximate surface area is 77.4 Å². The fourth-order valence-corrected chi connectivity index (χ4v) is 1.76. The number of nitrogens with zero attached hydrogens (tertiary/aromatic N) is 1. The Morgan fingerprint density at radius 2 is 2.31 bits per heavy atom. The lowest BCUT2D eigenvalue weighted by molar-refractivity contribution is -0.114. The Kier molecular flexibility index (Phi) is 1.72. The number of carbonyl (C=O) groups is 1. The lowest BCUT2D eigenvalue weighted by Gasteiger charge is -2.23. The molecule has 0 amide bonds. The first-order valence-electron chi connectivity index (χ1n) is 4.32. The van der Waals surface area contributed by atoms with Crippen LogP contribution in [0.1, 0.15) is 13.8 Å². The van der Waals surface area contributed by atoms with Gasteiger partial charge in [0.25, 0.3) is 0 Å². The normalized spacial score (nSPS) is 24.8. The van der Waals surface area contributed by atoms with Crippen molar-refractivity contribution in [1.29, 1.82) is 0 Å². The van der Waals surface area contributed by atoms with Crippen molar-refractivity contribution in [2.45, 2.75) is 20.0 Å². The van der Waals surface area contributed by atoms with E-state index in [4.69, 9.17) is 0 Å². The molecule has 1 atom stereocenters. The molecule has 0 saturated carbocycles. The third kappa shape index (κ3) is 1.16. The van der Waals surface area contributed by atoms with Crippen LogP contribution in [0, 0.1) is 0 Å². The molecule has 0 spiro atoms. The topological polar surface area (TPSA) is 32.3 Å². The maximum atomic E-state index is 11.3. The highest BCUT2D eigenvalue weighted by Gasteiger charge is 2.29. The van der Waals surface area contributed by atoms with Crippen LogP contribution in [0.2, 0.25) is 0 Å². The molecular formula is C10H12N2O. The van der Waals surface area contributed by atoms with Gasteiger partial charge in [-0.15, -0.1) is 0 Å². The van der Waals surface area contributed by atoms with E-state index in [-0.39, 0.29) is 11.9 Å². The molecule has 0 saturated heterocycles. The van der Waals surface area contributed by atoms with Gasteiger partial charge in [-0.2, -0.15) is 0 Å². The van der Waals surface area contributed by atoms with Crippen LogP contribution in [0.15, 0.2) is 35.8 Å².